The summed E-state index contributed by atoms with van der Waals surface area (Å²) in [5, 5.41) is 11.0. The maximum atomic E-state index is 10.0. The zero-order valence-electron chi connectivity index (χ0n) is 9.85. The first-order chi connectivity index (χ1) is 8.29. The fourth-order valence-corrected chi connectivity index (χ4v) is 2.12. The van der Waals surface area contributed by atoms with E-state index in [-0.39, 0.29) is 0 Å². The van der Waals surface area contributed by atoms with E-state index in [0.717, 1.165) is 29.6 Å². The van der Waals surface area contributed by atoms with Crippen molar-refractivity contribution in [2.45, 2.75) is 25.9 Å². The molecule has 1 saturated carbocycles. The Morgan fingerprint density at radius 1 is 1.47 bits per heavy atom. The van der Waals surface area contributed by atoms with E-state index in [9.17, 15) is 5.11 Å². The van der Waals surface area contributed by atoms with Gasteiger partial charge in [0.1, 0.15) is 11.9 Å². The fourth-order valence-electron chi connectivity index (χ4n) is 2.12. The molecule has 1 aliphatic rings. The number of rotatable bonds is 4. The molecule has 0 amide bonds. The SMILES string of the molecule is CCOc1cccc2cc(C(O)C3CC3)oc12. The molecule has 0 bridgehead atoms. The number of benzene rings is 1. The number of hydrogen-bond donors (Lipinski definition) is 1. The van der Waals surface area contributed by atoms with Gasteiger partial charge in [-0.15, -0.1) is 0 Å². The summed E-state index contributed by atoms with van der Waals surface area (Å²) in [6.07, 6.45) is 1.73. The lowest BCUT2D eigenvalue weighted by Gasteiger charge is -2.04. The third-order valence-electron chi connectivity index (χ3n) is 3.19. The Kier molecular flexibility index (Phi) is 2.56. The second-order valence-corrected chi connectivity index (χ2v) is 4.54. The summed E-state index contributed by atoms with van der Waals surface area (Å²) in [4.78, 5) is 0. The Hall–Kier alpha value is -1.48. The van der Waals surface area contributed by atoms with Gasteiger partial charge in [0.05, 0.1) is 6.61 Å². The van der Waals surface area contributed by atoms with Crippen LogP contribution in [0, 0.1) is 5.92 Å². The normalized spacial score (nSPS) is 17.3. The molecule has 0 aliphatic heterocycles. The van der Waals surface area contributed by atoms with Gasteiger partial charge in [0, 0.05) is 5.39 Å². The third-order valence-corrected chi connectivity index (χ3v) is 3.19. The van der Waals surface area contributed by atoms with E-state index in [0.29, 0.717) is 18.3 Å². The molecule has 1 aliphatic carbocycles. The van der Waals surface area contributed by atoms with E-state index in [1.807, 2.05) is 31.2 Å². The van der Waals surface area contributed by atoms with Crippen molar-refractivity contribution in [1.29, 1.82) is 0 Å². The lowest BCUT2D eigenvalue weighted by atomic mass is 10.1. The summed E-state index contributed by atoms with van der Waals surface area (Å²) in [5.41, 5.74) is 0.740. The number of para-hydroxylation sites is 1. The Labute approximate surface area is 100.0 Å². The molecule has 0 radical (unpaired) electrons. The minimum Gasteiger partial charge on any atom is -0.490 e. The van der Waals surface area contributed by atoms with Gasteiger partial charge in [-0.1, -0.05) is 12.1 Å². The zero-order valence-corrected chi connectivity index (χ0v) is 9.85. The van der Waals surface area contributed by atoms with Crippen LogP contribution in [0.2, 0.25) is 0 Å². The summed E-state index contributed by atoms with van der Waals surface area (Å²) >= 11 is 0. The highest BCUT2D eigenvalue weighted by molar-refractivity contribution is 5.83. The number of fused-ring (bicyclic) bond motifs is 1. The highest BCUT2D eigenvalue weighted by Gasteiger charge is 2.33. The average Bonchev–Trinajstić information content (AvgIpc) is 3.08. The van der Waals surface area contributed by atoms with Crippen molar-refractivity contribution in [3.05, 3.63) is 30.0 Å². The van der Waals surface area contributed by atoms with Crippen molar-refractivity contribution in [2.24, 2.45) is 5.92 Å². The van der Waals surface area contributed by atoms with E-state index < -0.39 is 6.10 Å². The molecule has 1 unspecified atom stereocenters. The third kappa shape index (κ3) is 1.91. The Morgan fingerprint density at radius 3 is 3.00 bits per heavy atom. The van der Waals surface area contributed by atoms with Crippen molar-refractivity contribution in [1.82, 2.24) is 0 Å². The number of aliphatic hydroxyl groups excluding tert-OH is 1. The van der Waals surface area contributed by atoms with Crippen LogP contribution >= 0.6 is 0 Å². The van der Waals surface area contributed by atoms with Crippen LogP contribution in [0.3, 0.4) is 0 Å². The average molecular weight is 232 g/mol. The van der Waals surface area contributed by atoms with Gasteiger partial charge >= 0.3 is 0 Å². The maximum absolute atomic E-state index is 10.0. The monoisotopic (exact) mass is 232 g/mol. The van der Waals surface area contributed by atoms with Gasteiger partial charge in [-0.05, 0) is 37.8 Å². The van der Waals surface area contributed by atoms with E-state index in [4.69, 9.17) is 9.15 Å². The second-order valence-electron chi connectivity index (χ2n) is 4.54. The van der Waals surface area contributed by atoms with Crippen LogP contribution in [0.25, 0.3) is 11.0 Å². The van der Waals surface area contributed by atoms with Gasteiger partial charge in [0.15, 0.2) is 11.3 Å². The van der Waals surface area contributed by atoms with Crippen LogP contribution in [0.5, 0.6) is 5.75 Å². The smallest absolute Gasteiger partial charge is 0.176 e. The highest BCUT2D eigenvalue weighted by Crippen LogP contribution is 2.43. The van der Waals surface area contributed by atoms with Gasteiger partial charge in [-0.25, -0.2) is 0 Å². The zero-order chi connectivity index (χ0) is 11.8. The Bertz CT molecular complexity index is 525. The van der Waals surface area contributed by atoms with Crippen LogP contribution in [-0.4, -0.2) is 11.7 Å². The Balaban J connectivity index is 2.02. The van der Waals surface area contributed by atoms with E-state index in [1.165, 1.54) is 0 Å². The van der Waals surface area contributed by atoms with Crippen LogP contribution in [0.15, 0.2) is 28.7 Å². The van der Waals surface area contributed by atoms with Crippen molar-refractivity contribution in [3.8, 4) is 5.75 Å². The summed E-state index contributed by atoms with van der Waals surface area (Å²) in [7, 11) is 0. The molecule has 3 nitrogen and oxygen atoms in total. The van der Waals surface area contributed by atoms with E-state index in [2.05, 4.69) is 0 Å². The molecule has 1 N–H and O–H groups in total. The van der Waals surface area contributed by atoms with Gasteiger partial charge in [0.25, 0.3) is 0 Å². The van der Waals surface area contributed by atoms with Crippen LogP contribution < -0.4 is 4.74 Å². The first-order valence-electron chi connectivity index (χ1n) is 6.13. The van der Waals surface area contributed by atoms with E-state index >= 15 is 0 Å². The number of hydrogen-bond acceptors (Lipinski definition) is 3. The van der Waals surface area contributed by atoms with Crippen molar-refractivity contribution in [3.63, 3.8) is 0 Å². The lowest BCUT2D eigenvalue weighted by Crippen LogP contribution is -1.96. The molecule has 90 valence electrons. The second kappa shape index (κ2) is 4.08. The van der Waals surface area contributed by atoms with Crippen LogP contribution in [-0.2, 0) is 0 Å². The largest absolute Gasteiger partial charge is 0.490 e. The molecule has 0 spiro atoms. The minimum absolute atomic E-state index is 0.381. The molecule has 1 atom stereocenters. The van der Waals surface area contributed by atoms with Crippen molar-refractivity contribution in [2.75, 3.05) is 6.61 Å². The molecule has 2 aromatic rings. The minimum atomic E-state index is -0.461. The predicted molar refractivity (Wildman–Crippen MR) is 65.1 cm³/mol. The van der Waals surface area contributed by atoms with E-state index in [1.54, 1.807) is 0 Å². The first-order valence-corrected chi connectivity index (χ1v) is 6.13. The predicted octanol–water partition coefficient (Wildman–Crippen LogP) is 3.27. The molecule has 3 heteroatoms. The molecule has 1 heterocycles. The molecule has 1 aromatic heterocycles. The van der Waals surface area contributed by atoms with Gasteiger partial charge in [0.2, 0.25) is 0 Å². The lowest BCUT2D eigenvalue weighted by molar-refractivity contribution is 0.129. The van der Waals surface area contributed by atoms with Crippen molar-refractivity contribution >= 4 is 11.0 Å². The molecule has 1 aromatic carbocycles. The van der Waals surface area contributed by atoms with Gasteiger partial charge in [-0.2, -0.15) is 0 Å². The van der Waals surface area contributed by atoms with Crippen LogP contribution in [0.1, 0.15) is 31.6 Å². The van der Waals surface area contributed by atoms with Gasteiger partial charge < -0.3 is 14.3 Å². The topological polar surface area (TPSA) is 42.6 Å². The number of aliphatic hydroxyl groups is 1. The molecular weight excluding hydrogens is 216 g/mol. The summed E-state index contributed by atoms with van der Waals surface area (Å²) in [6.45, 7) is 2.56. The van der Waals surface area contributed by atoms with Crippen molar-refractivity contribution < 1.29 is 14.3 Å². The van der Waals surface area contributed by atoms with Gasteiger partial charge in [-0.3, -0.25) is 0 Å². The Morgan fingerprint density at radius 2 is 2.29 bits per heavy atom. The molecular formula is C14H16O3. The number of furan rings is 1. The number of ether oxygens (including phenoxy) is 1. The first kappa shape index (κ1) is 10.7. The molecule has 1 fully saturated rings. The summed E-state index contributed by atoms with van der Waals surface area (Å²) < 4.78 is 11.3. The maximum Gasteiger partial charge on any atom is 0.176 e. The molecule has 3 rings (SSSR count). The fraction of sp³-hybridized carbons (Fsp3) is 0.429. The standard InChI is InChI=1S/C14H16O3/c1-2-16-11-5-3-4-10-8-12(17-14(10)11)13(15)9-6-7-9/h3-5,8-9,13,15H,2,6-7H2,1H3. The quantitative estimate of drug-likeness (QED) is 0.879. The van der Waals surface area contributed by atoms with Crippen LogP contribution in [0.4, 0.5) is 0 Å². The summed E-state index contributed by atoms with van der Waals surface area (Å²) in [6, 6.07) is 7.73. The highest BCUT2D eigenvalue weighted by atomic mass is 16.5. The molecule has 0 saturated heterocycles. The molecule has 17 heavy (non-hydrogen) atoms. The summed E-state index contributed by atoms with van der Waals surface area (Å²) in [5.74, 6) is 1.79.